The second-order valence-electron chi connectivity index (χ2n) is 6.66. The first-order chi connectivity index (χ1) is 12.4. The predicted molar refractivity (Wildman–Crippen MR) is 95.8 cm³/mol. The number of aromatic nitrogens is 2. The van der Waals surface area contributed by atoms with Gasteiger partial charge in [-0.3, -0.25) is 9.59 Å². The molecule has 0 bridgehead atoms. The Morgan fingerprint density at radius 1 is 1.42 bits per heavy atom. The molecule has 1 saturated heterocycles. The van der Waals surface area contributed by atoms with Crippen LogP contribution in [0.15, 0.2) is 33.9 Å². The maximum atomic E-state index is 13.0. The van der Waals surface area contributed by atoms with E-state index in [9.17, 15) is 14.7 Å². The Morgan fingerprint density at radius 3 is 2.92 bits per heavy atom. The number of rotatable bonds is 5. The summed E-state index contributed by atoms with van der Waals surface area (Å²) in [5.41, 5.74) is 1.28. The number of thioether (sulfide) groups is 1. The fraction of sp³-hybridized carbons (Fsp3) is 0.444. The van der Waals surface area contributed by atoms with Crippen LogP contribution in [0.4, 0.5) is 0 Å². The van der Waals surface area contributed by atoms with Crippen molar-refractivity contribution in [3.63, 3.8) is 0 Å². The minimum Gasteiger partial charge on any atom is -0.481 e. The van der Waals surface area contributed by atoms with Crippen molar-refractivity contribution in [2.75, 3.05) is 13.1 Å². The van der Waals surface area contributed by atoms with Crippen molar-refractivity contribution in [3.8, 4) is 0 Å². The van der Waals surface area contributed by atoms with Gasteiger partial charge in [-0.1, -0.05) is 23.8 Å². The maximum Gasteiger partial charge on any atom is 0.308 e. The number of hydrogen-bond acceptors (Lipinski definition) is 6. The van der Waals surface area contributed by atoms with Gasteiger partial charge in [-0.05, 0) is 31.4 Å². The van der Waals surface area contributed by atoms with Crippen LogP contribution in [0.25, 0.3) is 0 Å². The molecular formula is C18H21N3O4S. The number of carboxylic acid groups (broad SMARTS) is 1. The van der Waals surface area contributed by atoms with Crippen LogP contribution in [-0.2, 0) is 10.5 Å². The zero-order valence-electron chi connectivity index (χ0n) is 14.7. The number of carboxylic acids is 1. The van der Waals surface area contributed by atoms with E-state index in [1.165, 1.54) is 11.8 Å². The molecular weight excluding hydrogens is 354 g/mol. The van der Waals surface area contributed by atoms with Crippen molar-refractivity contribution in [3.05, 3.63) is 41.4 Å². The molecule has 1 aliphatic heterocycles. The van der Waals surface area contributed by atoms with E-state index in [1.807, 2.05) is 19.9 Å². The molecule has 2 aromatic rings. The number of piperidine rings is 1. The lowest BCUT2D eigenvalue weighted by atomic mass is 9.90. The normalized spacial score (nSPS) is 20.2. The summed E-state index contributed by atoms with van der Waals surface area (Å²) in [4.78, 5) is 30.3. The number of likely N-dealkylation sites (tertiary alicyclic amines) is 1. The smallest absolute Gasteiger partial charge is 0.308 e. The quantitative estimate of drug-likeness (QED) is 0.803. The molecule has 0 spiro atoms. The molecule has 0 aromatic carbocycles. The first kappa shape index (κ1) is 18.4. The van der Waals surface area contributed by atoms with Crippen LogP contribution in [0.5, 0.6) is 0 Å². The van der Waals surface area contributed by atoms with Gasteiger partial charge in [-0.25, -0.2) is 4.98 Å². The van der Waals surface area contributed by atoms with Gasteiger partial charge in [0.05, 0.1) is 17.2 Å². The van der Waals surface area contributed by atoms with E-state index in [4.69, 9.17) is 4.52 Å². The molecule has 0 radical (unpaired) electrons. The number of carbonyl (C=O) groups excluding carboxylic acids is 1. The van der Waals surface area contributed by atoms with E-state index in [1.54, 1.807) is 23.2 Å². The molecule has 1 N–H and O–H groups in total. The molecule has 138 valence electrons. The lowest BCUT2D eigenvalue weighted by molar-refractivity contribution is -0.143. The zero-order chi connectivity index (χ0) is 18.7. The van der Waals surface area contributed by atoms with Gasteiger partial charge >= 0.3 is 5.97 Å². The van der Waals surface area contributed by atoms with Crippen molar-refractivity contribution in [2.45, 2.75) is 31.0 Å². The second kappa shape index (κ2) is 7.90. The Balaban J connectivity index is 1.75. The van der Waals surface area contributed by atoms with Gasteiger partial charge in [0.15, 0.2) is 0 Å². The summed E-state index contributed by atoms with van der Waals surface area (Å²) in [6.07, 6.45) is 2.24. The van der Waals surface area contributed by atoms with Crippen LogP contribution < -0.4 is 0 Å². The van der Waals surface area contributed by atoms with Gasteiger partial charge in [0.1, 0.15) is 10.8 Å². The van der Waals surface area contributed by atoms with E-state index in [0.29, 0.717) is 29.3 Å². The Morgan fingerprint density at radius 2 is 2.23 bits per heavy atom. The van der Waals surface area contributed by atoms with Crippen molar-refractivity contribution < 1.29 is 19.2 Å². The van der Waals surface area contributed by atoms with E-state index < -0.39 is 11.9 Å². The topological polar surface area (TPSA) is 96.5 Å². The molecule has 26 heavy (non-hydrogen) atoms. The maximum absolute atomic E-state index is 13.0. The number of aliphatic carboxylic acids is 1. The lowest BCUT2D eigenvalue weighted by Crippen LogP contribution is -2.45. The lowest BCUT2D eigenvalue weighted by Gasteiger charge is -2.34. The number of pyridine rings is 1. The number of nitrogens with zero attached hydrogens (tertiary/aromatic N) is 3. The van der Waals surface area contributed by atoms with Gasteiger partial charge in [0.2, 0.25) is 0 Å². The highest BCUT2D eigenvalue weighted by Gasteiger charge is 2.33. The van der Waals surface area contributed by atoms with Crippen LogP contribution in [0.1, 0.15) is 35.2 Å². The standard InChI is InChI=1S/C18H21N3O4S/c1-11-6-13(18(23)24)9-21(8-11)17(22)15-4-3-5-19-16(15)26-10-14-7-12(2)25-20-14/h3-5,7,11,13H,6,8-10H2,1-2H3,(H,23,24). The molecule has 3 heterocycles. The van der Waals surface area contributed by atoms with Crippen molar-refractivity contribution >= 4 is 23.6 Å². The summed E-state index contributed by atoms with van der Waals surface area (Å²) in [6, 6.07) is 5.31. The molecule has 2 atom stereocenters. The first-order valence-electron chi connectivity index (χ1n) is 8.46. The Hall–Kier alpha value is -2.35. The number of carbonyl (C=O) groups is 2. The summed E-state index contributed by atoms with van der Waals surface area (Å²) < 4.78 is 5.06. The number of amides is 1. The highest BCUT2D eigenvalue weighted by molar-refractivity contribution is 7.98. The van der Waals surface area contributed by atoms with Crippen molar-refractivity contribution in [1.82, 2.24) is 15.0 Å². The molecule has 2 unspecified atom stereocenters. The molecule has 0 saturated carbocycles. The fourth-order valence-electron chi connectivity index (χ4n) is 3.16. The fourth-order valence-corrected chi connectivity index (χ4v) is 4.03. The van der Waals surface area contributed by atoms with Crippen molar-refractivity contribution in [2.24, 2.45) is 11.8 Å². The van der Waals surface area contributed by atoms with Gasteiger partial charge in [0.25, 0.3) is 5.91 Å². The second-order valence-corrected chi connectivity index (χ2v) is 7.62. The summed E-state index contributed by atoms with van der Waals surface area (Å²) in [6.45, 7) is 4.60. The van der Waals surface area contributed by atoms with E-state index >= 15 is 0 Å². The Bertz CT molecular complexity index is 807. The molecule has 0 aliphatic carbocycles. The molecule has 8 heteroatoms. The average Bonchev–Trinajstić information content (AvgIpc) is 3.04. The Labute approximate surface area is 155 Å². The van der Waals surface area contributed by atoms with Crippen molar-refractivity contribution in [1.29, 1.82) is 0 Å². The molecule has 2 aromatic heterocycles. The van der Waals surface area contributed by atoms with Gasteiger partial charge in [0, 0.05) is 31.1 Å². The minimum atomic E-state index is -0.850. The summed E-state index contributed by atoms with van der Waals surface area (Å²) in [5, 5.41) is 13.9. The highest BCUT2D eigenvalue weighted by Crippen LogP contribution is 2.28. The van der Waals surface area contributed by atoms with Gasteiger partial charge < -0.3 is 14.5 Å². The van der Waals surface area contributed by atoms with Crippen LogP contribution in [0.3, 0.4) is 0 Å². The van der Waals surface area contributed by atoms with E-state index in [0.717, 1.165) is 11.5 Å². The Kier molecular flexibility index (Phi) is 5.61. The highest BCUT2D eigenvalue weighted by atomic mass is 32.2. The monoisotopic (exact) mass is 375 g/mol. The molecule has 3 rings (SSSR count). The van der Waals surface area contributed by atoms with Crippen LogP contribution >= 0.6 is 11.8 Å². The first-order valence-corrected chi connectivity index (χ1v) is 9.44. The van der Waals surface area contributed by atoms with Gasteiger partial charge in [-0.15, -0.1) is 0 Å². The third kappa shape index (κ3) is 4.24. The molecule has 1 amide bonds. The third-order valence-electron chi connectivity index (χ3n) is 4.33. The molecule has 7 nitrogen and oxygen atoms in total. The SMILES string of the molecule is Cc1cc(CSc2ncccc2C(=O)N2CC(C)CC(C(=O)O)C2)no1. The largest absolute Gasteiger partial charge is 0.481 e. The third-order valence-corrected chi connectivity index (χ3v) is 5.37. The predicted octanol–water partition coefficient (Wildman–Crippen LogP) is 2.85. The van der Waals surface area contributed by atoms with Crippen LogP contribution in [-0.4, -0.2) is 45.1 Å². The van der Waals surface area contributed by atoms with Crippen LogP contribution in [0.2, 0.25) is 0 Å². The van der Waals surface area contributed by atoms with Gasteiger partial charge in [-0.2, -0.15) is 0 Å². The molecule has 1 fully saturated rings. The summed E-state index contributed by atoms with van der Waals surface area (Å²) in [5.74, 6) is -0.109. The minimum absolute atomic E-state index is 0.152. The zero-order valence-corrected chi connectivity index (χ0v) is 15.5. The molecule has 1 aliphatic rings. The summed E-state index contributed by atoms with van der Waals surface area (Å²) in [7, 11) is 0. The summed E-state index contributed by atoms with van der Waals surface area (Å²) >= 11 is 1.42. The van der Waals surface area contributed by atoms with Crippen LogP contribution in [0, 0.1) is 18.8 Å². The number of aryl methyl sites for hydroxylation is 1. The van der Waals surface area contributed by atoms with E-state index in [-0.39, 0.29) is 18.4 Å². The van der Waals surface area contributed by atoms with E-state index in [2.05, 4.69) is 10.1 Å². The number of hydrogen-bond donors (Lipinski definition) is 1. The average molecular weight is 375 g/mol.